The van der Waals surface area contributed by atoms with Gasteiger partial charge in [-0.2, -0.15) is 4.98 Å². The molecule has 0 bridgehead atoms. The van der Waals surface area contributed by atoms with Gasteiger partial charge in [0.2, 0.25) is 0 Å². The number of ether oxygens (including phenoxy) is 1. The molecule has 0 unspecified atom stereocenters. The first kappa shape index (κ1) is 12.9. The van der Waals surface area contributed by atoms with Crippen LogP contribution in [0, 0.1) is 0 Å². The second-order valence-electron chi connectivity index (χ2n) is 3.47. The smallest absolute Gasteiger partial charge is 0.318 e. The van der Waals surface area contributed by atoms with E-state index in [2.05, 4.69) is 15.3 Å². The maximum absolute atomic E-state index is 6.02. The zero-order chi connectivity index (χ0) is 13.0. The standard InChI is InChI=1S/C12H11Cl2N3O/c1-18-12-15-7-9(14)11(17-12)16-10-5-3-2-4-8(10)6-13/h2-5,7H,6H2,1H3,(H,15,16,17). The Kier molecular flexibility index (Phi) is 4.23. The van der Waals surface area contributed by atoms with E-state index in [0.717, 1.165) is 11.3 Å². The van der Waals surface area contributed by atoms with Crippen molar-refractivity contribution < 1.29 is 4.74 Å². The molecule has 0 spiro atoms. The molecule has 0 atom stereocenters. The van der Waals surface area contributed by atoms with Crippen LogP contribution in [0.25, 0.3) is 0 Å². The Labute approximate surface area is 115 Å². The van der Waals surface area contributed by atoms with Gasteiger partial charge in [0.25, 0.3) is 0 Å². The van der Waals surface area contributed by atoms with Gasteiger partial charge >= 0.3 is 6.01 Å². The second kappa shape index (κ2) is 5.89. The van der Waals surface area contributed by atoms with Crippen molar-refractivity contribution in [1.82, 2.24) is 9.97 Å². The van der Waals surface area contributed by atoms with Crippen LogP contribution in [0.15, 0.2) is 30.5 Å². The number of methoxy groups -OCH3 is 1. The lowest BCUT2D eigenvalue weighted by atomic mass is 10.2. The predicted octanol–water partition coefficient (Wildman–Crippen LogP) is 3.62. The number of para-hydroxylation sites is 1. The minimum atomic E-state index is 0.255. The topological polar surface area (TPSA) is 47.0 Å². The van der Waals surface area contributed by atoms with Crippen LogP contribution in [0.3, 0.4) is 0 Å². The Morgan fingerprint density at radius 3 is 2.83 bits per heavy atom. The quantitative estimate of drug-likeness (QED) is 0.871. The van der Waals surface area contributed by atoms with E-state index < -0.39 is 0 Å². The minimum Gasteiger partial charge on any atom is -0.467 e. The normalized spacial score (nSPS) is 10.2. The fraction of sp³-hybridized carbons (Fsp3) is 0.167. The number of halogens is 2. The molecule has 18 heavy (non-hydrogen) atoms. The molecule has 94 valence electrons. The molecular weight excluding hydrogens is 273 g/mol. The number of aromatic nitrogens is 2. The number of hydrogen-bond donors (Lipinski definition) is 1. The largest absolute Gasteiger partial charge is 0.467 e. The van der Waals surface area contributed by atoms with Crippen molar-refractivity contribution in [1.29, 1.82) is 0 Å². The Morgan fingerprint density at radius 1 is 1.33 bits per heavy atom. The number of nitrogens with zero attached hydrogens (tertiary/aromatic N) is 2. The maximum Gasteiger partial charge on any atom is 0.318 e. The average Bonchev–Trinajstić information content (AvgIpc) is 2.42. The molecule has 1 N–H and O–H groups in total. The Morgan fingerprint density at radius 2 is 2.11 bits per heavy atom. The highest BCUT2D eigenvalue weighted by atomic mass is 35.5. The molecule has 2 rings (SSSR count). The van der Waals surface area contributed by atoms with Crippen molar-refractivity contribution in [3.05, 3.63) is 41.0 Å². The Bertz CT molecular complexity index is 549. The van der Waals surface area contributed by atoms with Crippen LogP contribution in [0.5, 0.6) is 6.01 Å². The first-order valence-corrected chi connectivity index (χ1v) is 6.13. The van der Waals surface area contributed by atoms with Crippen LogP contribution >= 0.6 is 23.2 Å². The summed E-state index contributed by atoms with van der Waals surface area (Å²) in [5.41, 5.74) is 1.82. The molecule has 1 aromatic heterocycles. The highest BCUT2D eigenvalue weighted by Gasteiger charge is 2.08. The molecule has 2 aromatic rings. The summed E-state index contributed by atoms with van der Waals surface area (Å²) < 4.78 is 4.96. The third-order valence-corrected chi connectivity index (χ3v) is 2.88. The van der Waals surface area contributed by atoms with E-state index >= 15 is 0 Å². The molecule has 1 aromatic carbocycles. The molecule has 6 heteroatoms. The summed E-state index contributed by atoms with van der Waals surface area (Å²) in [5, 5.41) is 3.54. The molecule has 0 saturated carbocycles. The molecule has 0 radical (unpaired) electrons. The van der Waals surface area contributed by atoms with Gasteiger partial charge in [-0.1, -0.05) is 29.8 Å². The minimum absolute atomic E-state index is 0.255. The van der Waals surface area contributed by atoms with Gasteiger partial charge in [-0.05, 0) is 11.6 Å². The summed E-state index contributed by atoms with van der Waals surface area (Å²) in [6.07, 6.45) is 1.49. The summed E-state index contributed by atoms with van der Waals surface area (Å²) in [6.45, 7) is 0. The summed E-state index contributed by atoms with van der Waals surface area (Å²) in [4.78, 5) is 8.05. The van der Waals surface area contributed by atoms with Crippen LogP contribution in [0.1, 0.15) is 5.56 Å². The van der Waals surface area contributed by atoms with Crippen molar-refractivity contribution in [2.75, 3.05) is 12.4 Å². The summed E-state index contributed by atoms with van der Waals surface area (Å²) in [7, 11) is 1.50. The third kappa shape index (κ3) is 2.83. The van der Waals surface area contributed by atoms with E-state index in [1.54, 1.807) is 0 Å². The number of hydrogen-bond acceptors (Lipinski definition) is 4. The molecule has 4 nitrogen and oxygen atoms in total. The molecule has 0 saturated heterocycles. The molecule has 0 fully saturated rings. The summed E-state index contributed by atoms with van der Waals surface area (Å²) in [5.74, 6) is 0.893. The molecule has 0 aliphatic rings. The molecule has 1 heterocycles. The van der Waals surface area contributed by atoms with Crippen molar-refractivity contribution >= 4 is 34.7 Å². The number of nitrogens with one attached hydrogen (secondary N) is 1. The van der Waals surface area contributed by atoms with E-state index in [-0.39, 0.29) is 6.01 Å². The fourth-order valence-corrected chi connectivity index (χ4v) is 1.79. The van der Waals surface area contributed by atoms with Gasteiger partial charge in [-0.3, -0.25) is 0 Å². The number of rotatable bonds is 4. The van der Waals surface area contributed by atoms with Crippen LogP contribution < -0.4 is 10.1 Å². The van der Waals surface area contributed by atoms with Crippen molar-refractivity contribution in [2.45, 2.75) is 5.88 Å². The lowest BCUT2D eigenvalue weighted by Crippen LogP contribution is -2.00. The average molecular weight is 284 g/mol. The third-order valence-electron chi connectivity index (χ3n) is 2.32. The summed E-state index contributed by atoms with van der Waals surface area (Å²) >= 11 is 11.9. The van der Waals surface area contributed by atoms with E-state index in [1.807, 2.05) is 24.3 Å². The highest BCUT2D eigenvalue weighted by Crippen LogP contribution is 2.26. The number of benzene rings is 1. The highest BCUT2D eigenvalue weighted by molar-refractivity contribution is 6.32. The van der Waals surface area contributed by atoms with Gasteiger partial charge in [-0.15, -0.1) is 11.6 Å². The van der Waals surface area contributed by atoms with E-state index in [4.69, 9.17) is 27.9 Å². The fourth-order valence-electron chi connectivity index (χ4n) is 1.42. The van der Waals surface area contributed by atoms with Crippen molar-refractivity contribution in [3.63, 3.8) is 0 Å². The van der Waals surface area contributed by atoms with Crippen LogP contribution in [0.2, 0.25) is 5.02 Å². The van der Waals surface area contributed by atoms with E-state index in [0.29, 0.717) is 16.7 Å². The predicted molar refractivity (Wildman–Crippen MR) is 72.9 cm³/mol. The van der Waals surface area contributed by atoms with Gasteiger partial charge in [-0.25, -0.2) is 4.98 Å². The number of anilines is 2. The number of alkyl halides is 1. The zero-order valence-electron chi connectivity index (χ0n) is 9.65. The zero-order valence-corrected chi connectivity index (χ0v) is 11.2. The van der Waals surface area contributed by atoms with Gasteiger partial charge in [0.15, 0.2) is 5.82 Å². The molecular formula is C12H11Cl2N3O. The monoisotopic (exact) mass is 283 g/mol. The summed E-state index contributed by atoms with van der Waals surface area (Å²) in [6, 6.07) is 7.92. The van der Waals surface area contributed by atoms with Gasteiger partial charge < -0.3 is 10.1 Å². The Balaban J connectivity index is 2.33. The first-order chi connectivity index (χ1) is 8.74. The van der Waals surface area contributed by atoms with E-state index in [1.165, 1.54) is 13.3 Å². The van der Waals surface area contributed by atoms with Crippen molar-refractivity contribution in [3.8, 4) is 6.01 Å². The van der Waals surface area contributed by atoms with Gasteiger partial charge in [0, 0.05) is 11.6 Å². The molecule has 0 aliphatic heterocycles. The molecule has 0 aliphatic carbocycles. The lowest BCUT2D eigenvalue weighted by molar-refractivity contribution is 0.380. The van der Waals surface area contributed by atoms with Crippen LogP contribution in [-0.2, 0) is 5.88 Å². The van der Waals surface area contributed by atoms with Crippen LogP contribution in [-0.4, -0.2) is 17.1 Å². The maximum atomic E-state index is 6.02. The van der Waals surface area contributed by atoms with E-state index in [9.17, 15) is 0 Å². The molecule has 0 amide bonds. The van der Waals surface area contributed by atoms with Crippen molar-refractivity contribution in [2.24, 2.45) is 0 Å². The van der Waals surface area contributed by atoms with Gasteiger partial charge in [0.1, 0.15) is 5.02 Å². The lowest BCUT2D eigenvalue weighted by Gasteiger charge is -2.11. The second-order valence-corrected chi connectivity index (χ2v) is 4.14. The Hall–Kier alpha value is -1.52. The SMILES string of the molecule is COc1ncc(Cl)c(Nc2ccccc2CCl)n1. The van der Waals surface area contributed by atoms with Gasteiger partial charge in [0.05, 0.1) is 13.3 Å². The van der Waals surface area contributed by atoms with Crippen LogP contribution in [0.4, 0.5) is 11.5 Å². The first-order valence-electron chi connectivity index (χ1n) is 5.22.